The summed E-state index contributed by atoms with van der Waals surface area (Å²) < 4.78 is 5.15. The minimum absolute atomic E-state index is 0. The maximum atomic E-state index is 12.5. The number of aliphatic carboxylic acids is 1. The molecule has 0 aliphatic carbocycles. The average molecular weight is 414 g/mol. The van der Waals surface area contributed by atoms with E-state index in [1.165, 1.54) is 0 Å². The van der Waals surface area contributed by atoms with E-state index in [2.05, 4.69) is 4.90 Å². The molecule has 2 rings (SSSR count). The molecule has 8 heteroatoms. The Morgan fingerprint density at radius 1 is 1.21 bits per heavy atom. The highest BCUT2D eigenvalue weighted by atomic mass is 35.5. The smallest absolute Gasteiger partial charge is 0.317 e. The number of benzene rings is 1. The van der Waals surface area contributed by atoms with Crippen LogP contribution in [0, 0.1) is 0 Å². The van der Waals surface area contributed by atoms with Gasteiger partial charge in [-0.15, -0.1) is 12.4 Å². The number of hydrogen-bond donors (Lipinski definition) is 1. The Bertz CT molecular complexity index is 618. The molecule has 0 saturated carbocycles. The maximum absolute atomic E-state index is 12.5. The van der Waals surface area contributed by atoms with Crippen LogP contribution in [-0.4, -0.2) is 84.6 Å². The topological polar surface area (TPSA) is 73.3 Å². The molecule has 1 aromatic carbocycles. The van der Waals surface area contributed by atoms with E-state index in [1.807, 2.05) is 43.1 Å². The molecule has 0 atom stereocenters. The zero-order valence-electron chi connectivity index (χ0n) is 17.0. The molecule has 0 aromatic heterocycles. The van der Waals surface area contributed by atoms with Crippen molar-refractivity contribution in [3.8, 4) is 5.75 Å². The third-order valence-corrected chi connectivity index (χ3v) is 5.18. The van der Waals surface area contributed by atoms with Crippen LogP contribution in [0.15, 0.2) is 24.3 Å². The highest BCUT2D eigenvalue weighted by Gasteiger charge is 2.26. The zero-order valence-corrected chi connectivity index (χ0v) is 17.8. The van der Waals surface area contributed by atoms with Gasteiger partial charge in [0.15, 0.2) is 0 Å². The number of nitrogens with zero attached hydrogens (tertiary/aromatic N) is 3. The lowest BCUT2D eigenvalue weighted by molar-refractivity contribution is -0.139. The van der Waals surface area contributed by atoms with Crippen LogP contribution in [0.3, 0.4) is 0 Å². The number of carbonyl (C=O) groups is 2. The van der Waals surface area contributed by atoms with Crippen molar-refractivity contribution in [3.63, 3.8) is 0 Å². The molecular weight excluding hydrogens is 382 g/mol. The van der Waals surface area contributed by atoms with Gasteiger partial charge in [-0.2, -0.15) is 0 Å². The number of amides is 1. The molecule has 1 aromatic rings. The highest BCUT2D eigenvalue weighted by Crippen LogP contribution is 2.17. The van der Waals surface area contributed by atoms with E-state index < -0.39 is 5.97 Å². The monoisotopic (exact) mass is 413 g/mol. The molecule has 0 unspecified atom stereocenters. The van der Waals surface area contributed by atoms with E-state index in [0.29, 0.717) is 13.1 Å². The minimum atomic E-state index is -0.783. The van der Waals surface area contributed by atoms with E-state index in [4.69, 9.17) is 9.84 Å². The van der Waals surface area contributed by atoms with E-state index in [9.17, 15) is 9.59 Å². The second-order valence-electron chi connectivity index (χ2n) is 7.06. The summed E-state index contributed by atoms with van der Waals surface area (Å²) in [6.45, 7) is 5.44. The molecule has 0 bridgehead atoms. The second-order valence-corrected chi connectivity index (χ2v) is 7.06. The Balaban J connectivity index is 0.00000392. The van der Waals surface area contributed by atoms with E-state index in [1.54, 1.807) is 12.0 Å². The Hall–Kier alpha value is -1.83. The van der Waals surface area contributed by atoms with Gasteiger partial charge < -0.3 is 14.7 Å². The van der Waals surface area contributed by atoms with E-state index in [0.717, 1.165) is 43.8 Å². The quantitative estimate of drug-likeness (QED) is 0.667. The zero-order chi connectivity index (χ0) is 19.8. The first-order valence-corrected chi connectivity index (χ1v) is 9.48. The van der Waals surface area contributed by atoms with Crippen LogP contribution in [0.1, 0.15) is 25.3 Å². The van der Waals surface area contributed by atoms with Gasteiger partial charge in [-0.25, -0.2) is 0 Å². The first kappa shape index (κ1) is 24.2. The molecule has 1 N–H and O–H groups in total. The first-order chi connectivity index (χ1) is 12.9. The number of carboxylic acids is 1. The fraction of sp³-hybridized carbons (Fsp3) is 0.600. The molecule has 1 aliphatic rings. The predicted molar refractivity (Wildman–Crippen MR) is 111 cm³/mol. The fourth-order valence-electron chi connectivity index (χ4n) is 3.52. The number of carboxylic acid groups (broad SMARTS) is 1. The Morgan fingerprint density at radius 3 is 2.32 bits per heavy atom. The van der Waals surface area contributed by atoms with Crippen molar-refractivity contribution in [1.82, 2.24) is 14.7 Å². The average Bonchev–Trinajstić information content (AvgIpc) is 2.67. The van der Waals surface area contributed by atoms with Crippen LogP contribution in [0.25, 0.3) is 0 Å². The van der Waals surface area contributed by atoms with Crippen molar-refractivity contribution >= 4 is 24.3 Å². The number of piperidine rings is 1. The highest BCUT2D eigenvalue weighted by molar-refractivity contribution is 5.85. The number of hydrogen-bond acceptors (Lipinski definition) is 5. The Kier molecular flexibility index (Phi) is 10.3. The summed E-state index contributed by atoms with van der Waals surface area (Å²) >= 11 is 0. The van der Waals surface area contributed by atoms with Gasteiger partial charge in [0.25, 0.3) is 0 Å². The lowest BCUT2D eigenvalue weighted by Gasteiger charge is -2.37. The van der Waals surface area contributed by atoms with Gasteiger partial charge in [-0.05, 0) is 37.1 Å². The van der Waals surface area contributed by atoms with Gasteiger partial charge in [-0.1, -0.05) is 19.1 Å². The summed E-state index contributed by atoms with van der Waals surface area (Å²) in [4.78, 5) is 29.4. The normalized spacial score (nSPS) is 15.1. The third-order valence-electron chi connectivity index (χ3n) is 5.18. The lowest BCUT2D eigenvalue weighted by atomic mass is 10.0. The second kappa shape index (κ2) is 11.9. The Labute approximate surface area is 173 Å². The van der Waals surface area contributed by atoms with Crippen molar-refractivity contribution in [3.05, 3.63) is 29.8 Å². The standard InChI is InChI=1S/C20H31N3O4.ClH/c1-4-23(15-20(25)26)17-9-11-22(12-10-17)14-19(24)21(2)13-16-5-7-18(27-3)8-6-16;/h5-8,17H,4,9-15H2,1-3H3,(H,25,26);1H. The number of likely N-dealkylation sites (tertiary alicyclic amines) is 1. The summed E-state index contributed by atoms with van der Waals surface area (Å²) in [6, 6.07) is 8.02. The van der Waals surface area contributed by atoms with Gasteiger partial charge in [-0.3, -0.25) is 19.4 Å². The summed E-state index contributed by atoms with van der Waals surface area (Å²) in [5, 5.41) is 9.02. The number of likely N-dealkylation sites (N-methyl/N-ethyl adjacent to an activating group) is 2. The fourth-order valence-corrected chi connectivity index (χ4v) is 3.52. The van der Waals surface area contributed by atoms with Gasteiger partial charge >= 0.3 is 5.97 Å². The van der Waals surface area contributed by atoms with Crippen molar-refractivity contribution in [1.29, 1.82) is 0 Å². The van der Waals surface area contributed by atoms with E-state index >= 15 is 0 Å². The molecular formula is C20H32ClN3O4. The van der Waals surface area contributed by atoms with Crippen LogP contribution in [-0.2, 0) is 16.1 Å². The van der Waals surface area contributed by atoms with Crippen molar-refractivity contribution < 1.29 is 19.4 Å². The lowest BCUT2D eigenvalue weighted by Crippen LogP contribution is -2.48. The minimum Gasteiger partial charge on any atom is -0.497 e. The number of rotatable bonds is 9. The predicted octanol–water partition coefficient (Wildman–Crippen LogP) is 1.95. The van der Waals surface area contributed by atoms with Crippen LogP contribution in [0.2, 0.25) is 0 Å². The summed E-state index contributed by atoms with van der Waals surface area (Å²) in [7, 11) is 3.46. The largest absolute Gasteiger partial charge is 0.497 e. The van der Waals surface area contributed by atoms with E-state index in [-0.39, 0.29) is 30.9 Å². The van der Waals surface area contributed by atoms with Gasteiger partial charge in [0.2, 0.25) is 5.91 Å². The molecule has 0 radical (unpaired) electrons. The van der Waals surface area contributed by atoms with Gasteiger partial charge in [0.05, 0.1) is 20.2 Å². The molecule has 158 valence electrons. The molecule has 28 heavy (non-hydrogen) atoms. The number of ether oxygens (including phenoxy) is 1. The third kappa shape index (κ3) is 7.30. The van der Waals surface area contributed by atoms with Crippen LogP contribution in [0.4, 0.5) is 0 Å². The molecule has 7 nitrogen and oxygen atoms in total. The van der Waals surface area contributed by atoms with Gasteiger partial charge in [0.1, 0.15) is 5.75 Å². The summed E-state index contributed by atoms with van der Waals surface area (Å²) in [6.07, 6.45) is 1.80. The molecule has 1 amide bonds. The van der Waals surface area contributed by atoms with Crippen molar-refractivity contribution in [2.24, 2.45) is 0 Å². The number of halogens is 1. The molecule has 1 aliphatic heterocycles. The molecule has 1 saturated heterocycles. The summed E-state index contributed by atoms with van der Waals surface area (Å²) in [5.41, 5.74) is 1.07. The van der Waals surface area contributed by atoms with Crippen molar-refractivity contribution in [2.45, 2.75) is 32.4 Å². The number of carbonyl (C=O) groups excluding carboxylic acids is 1. The van der Waals surface area contributed by atoms with Crippen LogP contribution < -0.4 is 4.74 Å². The van der Waals surface area contributed by atoms with Crippen molar-refractivity contribution in [2.75, 3.05) is 46.9 Å². The Morgan fingerprint density at radius 2 is 1.82 bits per heavy atom. The summed E-state index contributed by atoms with van der Waals surface area (Å²) in [5.74, 6) is 0.122. The molecule has 1 heterocycles. The van der Waals surface area contributed by atoms with Crippen LogP contribution >= 0.6 is 12.4 Å². The molecule has 0 spiro atoms. The SMILES string of the molecule is CCN(CC(=O)O)C1CCN(CC(=O)N(C)Cc2ccc(OC)cc2)CC1.Cl. The van der Waals surface area contributed by atoms with Gasteiger partial charge in [0, 0.05) is 32.7 Å². The van der Waals surface area contributed by atoms with Crippen LogP contribution in [0.5, 0.6) is 5.75 Å². The number of methoxy groups -OCH3 is 1. The molecule has 1 fully saturated rings. The first-order valence-electron chi connectivity index (χ1n) is 9.48. The maximum Gasteiger partial charge on any atom is 0.317 e.